The average Bonchev–Trinajstić information content (AvgIpc) is 3.03. The quantitative estimate of drug-likeness (QED) is 0.489. The minimum absolute atomic E-state index is 0.0411. The minimum Gasteiger partial charge on any atom is -0.349 e. The number of nitrogens with one attached hydrogen (secondary N) is 1. The predicted molar refractivity (Wildman–Crippen MR) is 99.0 cm³/mol. The molecule has 1 unspecified atom stereocenters. The first-order valence-corrected chi connectivity index (χ1v) is 11.0. The first-order chi connectivity index (χ1) is 13.3. The summed E-state index contributed by atoms with van der Waals surface area (Å²) in [5.41, 5.74) is -1.86. The monoisotopic (exact) mass is 421 g/mol. The zero-order valence-electron chi connectivity index (χ0n) is 16.0. The number of nitrogens with zero attached hydrogens (tertiary/aromatic N) is 1. The molecule has 4 atom stereocenters. The van der Waals surface area contributed by atoms with Crippen LogP contribution in [0.3, 0.4) is 0 Å². The van der Waals surface area contributed by atoms with E-state index in [2.05, 4.69) is 13.8 Å². The van der Waals surface area contributed by atoms with E-state index in [1.165, 1.54) is 0 Å². The largest absolute Gasteiger partial charge is 0.573 e. The second-order valence-corrected chi connectivity index (χ2v) is 9.16. The molecule has 3 heterocycles. The van der Waals surface area contributed by atoms with Gasteiger partial charge in [0.05, 0.1) is 6.20 Å². The fourth-order valence-corrected chi connectivity index (χ4v) is 4.71. The molecule has 2 aliphatic heterocycles. The number of rotatable bonds is 8. The molecule has 0 amide bonds. The Morgan fingerprint density at radius 1 is 1.36 bits per heavy atom. The van der Waals surface area contributed by atoms with Crippen molar-refractivity contribution in [2.45, 2.75) is 64.4 Å². The lowest BCUT2D eigenvalue weighted by atomic mass is 10.1. The number of aromatic amines is 1. The van der Waals surface area contributed by atoms with Crippen LogP contribution in [0.5, 0.6) is 0 Å². The van der Waals surface area contributed by atoms with Crippen molar-refractivity contribution in [3.63, 3.8) is 0 Å². The summed E-state index contributed by atoms with van der Waals surface area (Å²) in [5.74, 6) is -0.418. The predicted octanol–water partition coefficient (Wildman–Crippen LogP) is 2.28. The van der Waals surface area contributed by atoms with Gasteiger partial charge in [0.1, 0.15) is 31.6 Å². The summed E-state index contributed by atoms with van der Waals surface area (Å²) in [6.45, 7) is 4.72. The van der Waals surface area contributed by atoms with E-state index in [0.29, 0.717) is 12.5 Å². The van der Waals surface area contributed by atoms with E-state index in [0.717, 1.165) is 36.4 Å². The molecule has 0 aromatic carbocycles. The first kappa shape index (κ1) is 21.5. The van der Waals surface area contributed by atoms with Crippen LogP contribution >= 0.6 is 8.17 Å². The second-order valence-electron chi connectivity index (χ2n) is 7.49. The molecule has 0 bridgehead atoms. The summed E-state index contributed by atoms with van der Waals surface area (Å²) in [6.07, 6.45) is 3.13. The molecule has 28 heavy (non-hydrogen) atoms. The smallest absolute Gasteiger partial charge is 0.349 e. The average molecular weight is 421 g/mol. The third-order valence-corrected chi connectivity index (χ3v) is 6.29. The van der Waals surface area contributed by atoms with Crippen LogP contribution in [-0.2, 0) is 18.3 Å². The highest BCUT2D eigenvalue weighted by Gasteiger charge is 2.57. The Labute approximate surface area is 162 Å². The Bertz CT molecular complexity index is 786. The Morgan fingerprint density at radius 2 is 2.14 bits per heavy atom. The van der Waals surface area contributed by atoms with Crippen LogP contribution in [0, 0.1) is 11.7 Å². The van der Waals surface area contributed by atoms with Gasteiger partial charge in [-0.2, -0.15) is 18.3 Å². The molecule has 2 saturated heterocycles. The topological polar surface area (TPSA) is 112 Å². The van der Waals surface area contributed by atoms with Crippen LogP contribution in [0.25, 0.3) is 0 Å². The summed E-state index contributed by atoms with van der Waals surface area (Å²) in [5, 5.41) is 0. The fourth-order valence-electron chi connectivity index (χ4n) is 3.25. The number of halogens is 1. The van der Waals surface area contributed by atoms with E-state index in [9.17, 15) is 18.9 Å². The van der Waals surface area contributed by atoms with Gasteiger partial charge in [0.2, 0.25) is 5.82 Å². The molecular formula is C17H27FN2O7P+. The summed E-state index contributed by atoms with van der Waals surface area (Å²) in [7, 11) is -3.45. The minimum atomic E-state index is -3.45. The van der Waals surface area contributed by atoms with Gasteiger partial charge in [-0.1, -0.05) is 33.1 Å². The second kappa shape index (κ2) is 9.11. The zero-order valence-corrected chi connectivity index (χ0v) is 16.9. The van der Waals surface area contributed by atoms with Crippen molar-refractivity contribution in [2.24, 2.45) is 5.92 Å². The number of unbranched alkanes of at least 4 members (excludes halogenated alkanes) is 2. The molecule has 2 N–H and O–H groups in total. The summed E-state index contributed by atoms with van der Waals surface area (Å²) in [4.78, 5) is 35.4. The molecule has 0 aliphatic carbocycles. The van der Waals surface area contributed by atoms with Gasteiger partial charge in [-0.25, -0.2) is 4.79 Å². The molecule has 2 aliphatic rings. The molecule has 2 fully saturated rings. The molecule has 9 nitrogen and oxygen atoms in total. The Hall–Kier alpha value is -1.16. The van der Waals surface area contributed by atoms with Crippen LogP contribution in [0.15, 0.2) is 15.8 Å². The molecule has 0 spiro atoms. The Balaban J connectivity index is 1.52. The van der Waals surface area contributed by atoms with Crippen molar-refractivity contribution < 1.29 is 27.6 Å². The maximum atomic E-state index is 13.5. The van der Waals surface area contributed by atoms with Crippen LogP contribution in [0.2, 0.25) is 0 Å². The van der Waals surface area contributed by atoms with Gasteiger partial charge in [-0.3, -0.25) is 14.3 Å². The van der Waals surface area contributed by atoms with Crippen molar-refractivity contribution in [1.29, 1.82) is 0 Å². The van der Waals surface area contributed by atoms with Gasteiger partial charge in [-0.05, 0) is 12.3 Å². The third-order valence-electron chi connectivity index (χ3n) is 4.77. The van der Waals surface area contributed by atoms with E-state index >= 15 is 0 Å². The highest BCUT2D eigenvalue weighted by molar-refractivity contribution is 7.55. The standard InChI is InChI=1S/C17H26FN2O7P/c1-11(2)6-4-3-5-7-24-28(23)25-10-14-13(27-28)8-15(26-14)20-9-12(18)16(21)19-17(20)22/h9,11,13-15,23H,3-8,10H2,1-2H3/p+1/t13-,14+,15+,28?/m0/s1. The normalized spacial score (nSPS) is 30.0. The van der Waals surface area contributed by atoms with Crippen molar-refractivity contribution in [3.8, 4) is 0 Å². The van der Waals surface area contributed by atoms with Crippen molar-refractivity contribution in [1.82, 2.24) is 9.55 Å². The van der Waals surface area contributed by atoms with Gasteiger partial charge < -0.3 is 4.74 Å². The van der Waals surface area contributed by atoms with Crippen molar-refractivity contribution in [3.05, 3.63) is 32.9 Å². The Morgan fingerprint density at radius 3 is 2.89 bits per heavy atom. The molecule has 0 saturated carbocycles. The lowest BCUT2D eigenvalue weighted by Gasteiger charge is -2.26. The lowest BCUT2D eigenvalue weighted by molar-refractivity contribution is -0.0819. The van der Waals surface area contributed by atoms with E-state index < -0.39 is 43.7 Å². The van der Waals surface area contributed by atoms with Gasteiger partial charge in [0.25, 0.3) is 5.56 Å². The Kier molecular flexibility index (Phi) is 7.01. The van der Waals surface area contributed by atoms with E-state index in [1.807, 2.05) is 4.98 Å². The van der Waals surface area contributed by atoms with Crippen LogP contribution in [0.4, 0.5) is 4.39 Å². The number of hydrogen-bond donors (Lipinski definition) is 2. The number of aromatic nitrogens is 2. The third kappa shape index (κ3) is 5.25. The van der Waals surface area contributed by atoms with Gasteiger partial charge >= 0.3 is 13.9 Å². The molecular weight excluding hydrogens is 394 g/mol. The van der Waals surface area contributed by atoms with Crippen molar-refractivity contribution in [2.75, 3.05) is 13.2 Å². The summed E-state index contributed by atoms with van der Waals surface area (Å²) >= 11 is 0. The first-order valence-electron chi connectivity index (χ1n) is 9.53. The highest BCUT2D eigenvalue weighted by atomic mass is 31.2. The van der Waals surface area contributed by atoms with E-state index in [4.69, 9.17) is 18.3 Å². The van der Waals surface area contributed by atoms with Crippen molar-refractivity contribution >= 4 is 8.17 Å². The summed E-state index contributed by atoms with van der Waals surface area (Å²) < 4.78 is 36.6. The number of fused-ring (bicyclic) bond motifs is 1. The molecule has 1 aromatic heterocycles. The molecule has 158 valence electrons. The SMILES string of the molecule is CC(C)CCCCCO[P+]1(O)OC[C@H]2O[C@@H](n3cc(F)c(=O)[nH]c3=O)C[C@@H]2O1. The van der Waals surface area contributed by atoms with Crippen LogP contribution in [-0.4, -0.2) is 39.9 Å². The van der Waals surface area contributed by atoms with Gasteiger partial charge in [0.15, 0.2) is 0 Å². The highest BCUT2D eigenvalue weighted by Crippen LogP contribution is 2.63. The number of H-pyrrole nitrogens is 1. The van der Waals surface area contributed by atoms with E-state index in [1.54, 1.807) is 0 Å². The van der Waals surface area contributed by atoms with Gasteiger partial charge in [0, 0.05) is 6.42 Å². The summed E-state index contributed by atoms with van der Waals surface area (Å²) in [6, 6.07) is 0. The molecule has 1 aromatic rings. The molecule has 11 heteroatoms. The fraction of sp³-hybridized carbons (Fsp3) is 0.765. The number of hydrogen-bond acceptors (Lipinski definition) is 7. The van der Waals surface area contributed by atoms with Crippen LogP contribution < -0.4 is 11.2 Å². The maximum absolute atomic E-state index is 13.5. The van der Waals surface area contributed by atoms with E-state index in [-0.39, 0.29) is 13.0 Å². The zero-order chi connectivity index (χ0) is 20.3. The maximum Gasteiger partial charge on any atom is 0.573 e. The molecule has 3 rings (SSSR count). The van der Waals surface area contributed by atoms with Gasteiger partial charge in [-0.15, -0.1) is 4.52 Å². The number of ether oxygens (including phenoxy) is 1. The molecule has 0 radical (unpaired) electrons. The van der Waals surface area contributed by atoms with Crippen LogP contribution in [0.1, 0.15) is 52.2 Å². The lowest BCUT2D eigenvalue weighted by Crippen LogP contribution is -2.35.